The minimum atomic E-state index is -0.687. The van der Waals surface area contributed by atoms with Crippen LogP contribution in [0.15, 0.2) is 10.5 Å². The first kappa shape index (κ1) is 19.3. The fourth-order valence-electron chi connectivity index (χ4n) is 2.22. The summed E-state index contributed by atoms with van der Waals surface area (Å²) < 4.78 is 20.9. The molecule has 0 aliphatic heterocycles. The molecule has 0 radical (unpaired) electrons. The highest BCUT2D eigenvalue weighted by atomic mass is 79.9. The maximum Gasteiger partial charge on any atom is 0.342 e. The number of fused-ring (bicyclic) bond motifs is 1. The van der Waals surface area contributed by atoms with Crippen molar-refractivity contribution in [3.05, 3.63) is 22.4 Å². The molecule has 0 N–H and O–H groups in total. The average Bonchev–Trinajstić information content (AvgIpc) is 2.88. The third kappa shape index (κ3) is 3.96. The minimum Gasteiger partial charge on any atom is -0.462 e. The molecule has 1 aromatic carbocycles. The highest BCUT2D eigenvalue weighted by Gasteiger charge is 2.29. The molecule has 0 saturated carbocycles. The smallest absolute Gasteiger partial charge is 0.342 e. The van der Waals surface area contributed by atoms with E-state index in [0.29, 0.717) is 0 Å². The third-order valence-corrected chi connectivity index (χ3v) is 3.80. The molecule has 134 valence electrons. The molecule has 0 spiro atoms. The van der Waals surface area contributed by atoms with Crippen molar-refractivity contribution >= 4 is 56.4 Å². The number of carbonyl (C=O) groups excluding carboxylic acids is 3. The molecular formula is C16H14BrClO7. The first-order valence-electron chi connectivity index (χ1n) is 7.17. The van der Waals surface area contributed by atoms with Crippen molar-refractivity contribution in [3.63, 3.8) is 0 Å². The van der Waals surface area contributed by atoms with Crippen molar-refractivity contribution in [2.45, 2.75) is 26.1 Å². The van der Waals surface area contributed by atoms with Crippen molar-refractivity contribution < 1.29 is 33.0 Å². The quantitative estimate of drug-likeness (QED) is 0.399. The Morgan fingerprint density at radius 2 is 1.76 bits per heavy atom. The zero-order chi connectivity index (χ0) is 18.7. The minimum absolute atomic E-state index is 0.00997. The van der Waals surface area contributed by atoms with Gasteiger partial charge in [0.15, 0.2) is 11.5 Å². The Balaban J connectivity index is 2.88. The van der Waals surface area contributed by atoms with Gasteiger partial charge in [-0.05, 0) is 6.92 Å². The van der Waals surface area contributed by atoms with E-state index in [2.05, 4.69) is 15.9 Å². The van der Waals surface area contributed by atoms with Gasteiger partial charge in [-0.15, -0.1) is 0 Å². The summed E-state index contributed by atoms with van der Waals surface area (Å²) in [5.74, 6) is -2.11. The number of hydrogen-bond acceptors (Lipinski definition) is 7. The van der Waals surface area contributed by atoms with Gasteiger partial charge in [-0.1, -0.05) is 27.5 Å². The SMILES string of the molecule is CCOC(=O)c1c(CBr)oc2cc(Cl)c(OC(C)=O)c(OC(C)=O)c12. The van der Waals surface area contributed by atoms with Crippen molar-refractivity contribution in [3.8, 4) is 11.5 Å². The molecule has 2 rings (SSSR count). The van der Waals surface area contributed by atoms with Crippen LogP contribution < -0.4 is 9.47 Å². The van der Waals surface area contributed by atoms with E-state index < -0.39 is 17.9 Å². The van der Waals surface area contributed by atoms with Crippen molar-refractivity contribution in [2.24, 2.45) is 0 Å². The third-order valence-electron chi connectivity index (χ3n) is 3.01. The summed E-state index contributed by atoms with van der Waals surface area (Å²) in [6.07, 6.45) is 0. The summed E-state index contributed by atoms with van der Waals surface area (Å²) in [5.41, 5.74) is 0.254. The predicted molar refractivity (Wildman–Crippen MR) is 92.4 cm³/mol. The Morgan fingerprint density at radius 3 is 2.28 bits per heavy atom. The van der Waals surface area contributed by atoms with Gasteiger partial charge >= 0.3 is 17.9 Å². The average molecular weight is 434 g/mol. The van der Waals surface area contributed by atoms with Gasteiger partial charge < -0.3 is 18.6 Å². The molecule has 0 unspecified atom stereocenters. The second kappa shape index (κ2) is 7.88. The van der Waals surface area contributed by atoms with E-state index in [1.54, 1.807) is 6.92 Å². The van der Waals surface area contributed by atoms with E-state index >= 15 is 0 Å². The summed E-state index contributed by atoms with van der Waals surface area (Å²) in [7, 11) is 0. The van der Waals surface area contributed by atoms with Crippen LogP contribution >= 0.6 is 27.5 Å². The van der Waals surface area contributed by atoms with Gasteiger partial charge in [-0.25, -0.2) is 4.79 Å². The number of rotatable bonds is 5. The van der Waals surface area contributed by atoms with Gasteiger partial charge in [0, 0.05) is 19.9 Å². The monoisotopic (exact) mass is 432 g/mol. The fraction of sp³-hybridized carbons (Fsp3) is 0.312. The molecule has 9 heteroatoms. The molecule has 0 saturated heterocycles. The number of furan rings is 1. The summed E-state index contributed by atoms with van der Waals surface area (Å²) in [5, 5.41) is 0.337. The van der Waals surface area contributed by atoms with E-state index in [4.69, 9.17) is 30.2 Å². The van der Waals surface area contributed by atoms with Gasteiger partial charge in [-0.2, -0.15) is 0 Å². The molecule has 25 heavy (non-hydrogen) atoms. The van der Waals surface area contributed by atoms with Crippen molar-refractivity contribution in [1.82, 2.24) is 0 Å². The maximum absolute atomic E-state index is 12.4. The lowest BCUT2D eigenvalue weighted by atomic mass is 10.1. The highest BCUT2D eigenvalue weighted by molar-refractivity contribution is 9.08. The van der Waals surface area contributed by atoms with Crippen LogP contribution in [0, 0.1) is 0 Å². The van der Waals surface area contributed by atoms with Crippen LogP contribution in [0.25, 0.3) is 11.0 Å². The highest BCUT2D eigenvalue weighted by Crippen LogP contribution is 2.46. The second-order valence-electron chi connectivity index (χ2n) is 4.83. The maximum atomic E-state index is 12.4. The number of alkyl halides is 1. The van der Waals surface area contributed by atoms with E-state index in [0.717, 1.165) is 0 Å². The molecule has 1 heterocycles. The van der Waals surface area contributed by atoms with Crippen LogP contribution in [0.1, 0.15) is 36.9 Å². The molecule has 0 aliphatic rings. The Bertz CT molecular complexity index is 856. The van der Waals surface area contributed by atoms with Crippen LogP contribution in [0.2, 0.25) is 5.02 Å². The molecule has 0 bridgehead atoms. The number of ether oxygens (including phenoxy) is 3. The number of esters is 3. The Morgan fingerprint density at radius 1 is 1.16 bits per heavy atom. The first-order valence-corrected chi connectivity index (χ1v) is 8.67. The van der Waals surface area contributed by atoms with E-state index in [1.165, 1.54) is 19.9 Å². The Hall–Kier alpha value is -2.06. The van der Waals surface area contributed by atoms with Crippen LogP contribution in [0.3, 0.4) is 0 Å². The molecule has 2 aromatic rings. The summed E-state index contributed by atoms with van der Waals surface area (Å²) >= 11 is 9.36. The van der Waals surface area contributed by atoms with Crippen LogP contribution in [-0.2, 0) is 19.7 Å². The molecule has 0 fully saturated rings. The van der Waals surface area contributed by atoms with Crippen molar-refractivity contribution in [1.29, 1.82) is 0 Å². The predicted octanol–water partition coefficient (Wildman–Crippen LogP) is 4.01. The van der Waals surface area contributed by atoms with E-state index in [9.17, 15) is 14.4 Å². The number of halogens is 2. The van der Waals surface area contributed by atoms with Crippen molar-refractivity contribution in [2.75, 3.05) is 6.61 Å². The topological polar surface area (TPSA) is 92.0 Å². The van der Waals surface area contributed by atoms with Crippen LogP contribution in [-0.4, -0.2) is 24.5 Å². The molecule has 0 aliphatic carbocycles. The lowest BCUT2D eigenvalue weighted by molar-refractivity contribution is -0.134. The largest absolute Gasteiger partial charge is 0.462 e. The van der Waals surface area contributed by atoms with Gasteiger partial charge in [-0.3, -0.25) is 9.59 Å². The standard InChI is InChI=1S/C16H14BrClO7/c1-4-22-16(21)13-11(6-17)25-10-5-9(18)14(23-7(2)19)15(12(10)13)24-8(3)20/h5H,4,6H2,1-3H3. The summed E-state index contributed by atoms with van der Waals surface area (Å²) in [4.78, 5) is 35.3. The second-order valence-corrected chi connectivity index (χ2v) is 5.80. The summed E-state index contributed by atoms with van der Waals surface area (Å²) in [6.45, 7) is 4.13. The fourth-order valence-corrected chi connectivity index (χ4v) is 2.84. The zero-order valence-electron chi connectivity index (χ0n) is 13.6. The lowest BCUT2D eigenvalue weighted by Gasteiger charge is -2.12. The van der Waals surface area contributed by atoms with Crippen LogP contribution in [0.5, 0.6) is 11.5 Å². The summed E-state index contributed by atoms with van der Waals surface area (Å²) in [6, 6.07) is 1.37. The normalized spacial score (nSPS) is 10.6. The molecular weight excluding hydrogens is 420 g/mol. The number of benzene rings is 1. The number of hydrogen-bond donors (Lipinski definition) is 0. The van der Waals surface area contributed by atoms with E-state index in [1.807, 2.05) is 0 Å². The van der Waals surface area contributed by atoms with Gasteiger partial charge in [0.25, 0.3) is 0 Å². The van der Waals surface area contributed by atoms with Gasteiger partial charge in [0.2, 0.25) is 0 Å². The molecule has 7 nitrogen and oxygen atoms in total. The van der Waals surface area contributed by atoms with Crippen LogP contribution in [0.4, 0.5) is 0 Å². The van der Waals surface area contributed by atoms with Gasteiger partial charge in [0.05, 0.1) is 22.3 Å². The molecule has 1 aromatic heterocycles. The Kier molecular flexibility index (Phi) is 6.07. The van der Waals surface area contributed by atoms with E-state index in [-0.39, 0.29) is 50.8 Å². The van der Waals surface area contributed by atoms with Gasteiger partial charge in [0.1, 0.15) is 16.9 Å². The lowest BCUT2D eigenvalue weighted by Crippen LogP contribution is -2.10. The molecule has 0 atom stereocenters. The first-order chi connectivity index (χ1) is 11.8. The Labute approximate surface area is 156 Å². The molecule has 0 amide bonds. The number of carbonyl (C=O) groups is 3. The zero-order valence-corrected chi connectivity index (χ0v) is 15.9.